The summed E-state index contributed by atoms with van der Waals surface area (Å²) in [5, 5.41) is 13.0. The Morgan fingerprint density at radius 1 is 1.37 bits per heavy atom. The molecule has 1 fully saturated rings. The standard InChI is InChI=1S/C22H21Cl2N5O4S2/c23-13-3-4-14(24)15(8-13)34-10-17(30)27-18-20(31)29-19(22(32)33)12(9-35-21(18)29)2-1-6-28-7-5-16(25)26-11-28/h1-5,7-8,18,21H,6,9-11H2,(H2,25,26)(H,27,30)(H,32,33)/b2-1+/t18-,21-/m1/s1. The van der Waals surface area contributed by atoms with Crippen LogP contribution in [-0.4, -0.2) is 74.7 Å². The molecule has 2 atom stereocenters. The fourth-order valence-corrected chi connectivity index (χ4v) is 6.24. The van der Waals surface area contributed by atoms with E-state index in [0.717, 1.165) is 0 Å². The Balaban J connectivity index is 1.36. The molecule has 3 heterocycles. The van der Waals surface area contributed by atoms with Crippen molar-refractivity contribution < 1.29 is 19.5 Å². The summed E-state index contributed by atoms with van der Waals surface area (Å²) < 4.78 is 0. The summed E-state index contributed by atoms with van der Waals surface area (Å²) in [4.78, 5) is 45.2. The Kier molecular flexibility index (Phi) is 8.00. The highest BCUT2D eigenvalue weighted by Crippen LogP contribution is 2.40. The normalized spacial score (nSPS) is 21.7. The summed E-state index contributed by atoms with van der Waals surface area (Å²) in [5.41, 5.74) is 6.08. The third-order valence-corrected chi connectivity index (χ3v) is 8.35. The molecule has 0 saturated carbocycles. The first-order valence-corrected chi connectivity index (χ1v) is 13.2. The highest BCUT2D eigenvalue weighted by atomic mass is 35.5. The minimum atomic E-state index is -1.19. The lowest BCUT2D eigenvalue weighted by molar-refractivity contribution is -0.150. The first-order valence-electron chi connectivity index (χ1n) is 10.4. The number of nitrogens with zero attached hydrogens (tertiary/aromatic N) is 3. The van der Waals surface area contributed by atoms with Crippen LogP contribution < -0.4 is 11.1 Å². The number of carboxylic acid groups (broad SMARTS) is 1. The van der Waals surface area contributed by atoms with E-state index in [4.69, 9.17) is 28.9 Å². The van der Waals surface area contributed by atoms with E-state index >= 15 is 0 Å². The summed E-state index contributed by atoms with van der Waals surface area (Å²) in [6, 6.07) is 4.18. The van der Waals surface area contributed by atoms with Gasteiger partial charge in [0.2, 0.25) is 5.91 Å². The van der Waals surface area contributed by atoms with Crippen LogP contribution in [0.4, 0.5) is 0 Å². The third-order valence-electron chi connectivity index (χ3n) is 5.32. The first-order chi connectivity index (χ1) is 16.7. The molecular formula is C22H21Cl2N5O4S2. The second-order valence-electron chi connectivity index (χ2n) is 7.71. The molecule has 0 aromatic heterocycles. The maximum atomic E-state index is 12.8. The number of nitrogens with one attached hydrogen (secondary N) is 1. The molecule has 1 saturated heterocycles. The van der Waals surface area contributed by atoms with Crippen LogP contribution in [0.3, 0.4) is 0 Å². The number of thioether (sulfide) groups is 2. The molecule has 0 bridgehead atoms. The van der Waals surface area contributed by atoms with Crippen LogP contribution >= 0.6 is 46.7 Å². The van der Waals surface area contributed by atoms with Gasteiger partial charge in [-0.15, -0.1) is 23.5 Å². The van der Waals surface area contributed by atoms with Crippen LogP contribution in [0.15, 0.2) is 63.8 Å². The van der Waals surface area contributed by atoms with Crippen molar-refractivity contribution in [3.05, 3.63) is 63.9 Å². The summed E-state index contributed by atoms with van der Waals surface area (Å²) >= 11 is 14.7. The number of β-lactam (4-membered cyclic amide) rings is 1. The van der Waals surface area contributed by atoms with Crippen molar-refractivity contribution in [3.8, 4) is 0 Å². The molecule has 1 aromatic rings. The molecule has 0 aliphatic carbocycles. The van der Waals surface area contributed by atoms with E-state index in [1.54, 1.807) is 30.4 Å². The van der Waals surface area contributed by atoms with Gasteiger partial charge in [-0.1, -0.05) is 35.4 Å². The predicted octanol–water partition coefficient (Wildman–Crippen LogP) is 2.52. The van der Waals surface area contributed by atoms with Gasteiger partial charge in [0.1, 0.15) is 29.6 Å². The van der Waals surface area contributed by atoms with Crippen LogP contribution in [0.25, 0.3) is 0 Å². The predicted molar refractivity (Wildman–Crippen MR) is 138 cm³/mol. The van der Waals surface area contributed by atoms with Gasteiger partial charge >= 0.3 is 5.97 Å². The number of fused-ring (bicyclic) bond motifs is 1. The molecule has 2 amide bonds. The number of amides is 2. The first kappa shape index (κ1) is 25.5. The Bertz CT molecular complexity index is 1190. The van der Waals surface area contributed by atoms with Crippen LogP contribution in [-0.2, 0) is 14.4 Å². The Morgan fingerprint density at radius 2 is 2.17 bits per heavy atom. The number of allylic oxidation sites excluding steroid dienone is 1. The zero-order valence-electron chi connectivity index (χ0n) is 18.2. The van der Waals surface area contributed by atoms with E-state index in [1.165, 1.54) is 28.4 Å². The average Bonchev–Trinajstić information content (AvgIpc) is 2.83. The van der Waals surface area contributed by atoms with Gasteiger partial charge in [0.05, 0.1) is 10.8 Å². The molecule has 1 aromatic carbocycles. The number of amidine groups is 1. The Morgan fingerprint density at radius 3 is 2.89 bits per heavy atom. The summed E-state index contributed by atoms with van der Waals surface area (Å²) in [6.45, 7) is 0.931. The lowest BCUT2D eigenvalue weighted by atomic mass is 10.0. The maximum absolute atomic E-state index is 12.8. The minimum absolute atomic E-state index is 0.0392. The second-order valence-corrected chi connectivity index (χ2v) is 10.7. The highest BCUT2D eigenvalue weighted by molar-refractivity contribution is 8.00. The van der Waals surface area contributed by atoms with Crippen LogP contribution in [0.2, 0.25) is 10.0 Å². The molecule has 4 N–H and O–H groups in total. The zero-order chi connectivity index (χ0) is 25.1. The molecule has 0 unspecified atom stereocenters. The fraction of sp³-hybridized carbons (Fsp3) is 0.273. The quantitative estimate of drug-likeness (QED) is 0.331. The minimum Gasteiger partial charge on any atom is -0.477 e. The fourth-order valence-electron chi connectivity index (χ4n) is 3.62. The molecule has 4 rings (SSSR count). The van der Waals surface area contributed by atoms with E-state index in [-0.39, 0.29) is 17.4 Å². The number of hydrogen-bond acceptors (Lipinski definition) is 8. The van der Waals surface area contributed by atoms with Crippen molar-refractivity contribution in [2.75, 3.05) is 24.7 Å². The van der Waals surface area contributed by atoms with Crippen molar-refractivity contribution in [2.24, 2.45) is 10.7 Å². The largest absolute Gasteiger partial charge is 0.477 e. The number of nitrogens with two attached hydrogens (primary N) is 1. The number of rotatable bonds is 8. The van der Waals surface area contributed by atoms with Gasteiger partial charge in [-0.05, 0) is 29.8 Å². The van der Waals surface area contributed by atoms with E-state index in [2.05, 4.69) is 10.3 Å². The maximum Gasteiger partial charge on any atom is 0.352 e. The summed E-state index contributed by atoms with van der Waals surface area (Å²) in [7, 11) is 0. The van der Waals surface area contributed by atoms with Crippen molar-refractivity contribution in [1.29, 1.82) is 0 Å². The van der Waals surface area contributed by atoms with E-state index in [0.29, 0.717) is 45.3 Å². The molecule has 0 radical (unpaired) electrons. The number of hydrogen-bond donors (Lipinski definition) is 3. The SMILES string of the molecule is NC1=NCN(C/C=C/C2=C(C(=O)O)N3C(=O)[C@@H](NC(=O)CSc4cc(Cl)ccc4Cl)[C@H]3SC2)C=C1. The number of carbonyl (C=O) groups is 3. The molecule has 184 valence electrons. The number of carboxylic acids is 1. The van der Waals surface area contributed by atoms with Gasteiger partial charge in [0.25, 0.3) is 5.91 Å². The van der Waals surface area contributed by atoms with Crippen molar-refractivity contribution in [1.82, 2.24) is 15.1 Å². The van der Waals surface area contributed by atoms with Crippen LogP contribution in [0.5, 0.6) is 0 Å². The van der Waals surface area contributed by atoms with Gasteiger partial charge < -0.3 is 21.1 Å². The Labute approximate surface area is 220 Å². The second kappa shape index (κ2) is 11.0. The summed E-state index contributed by atoms with van der Waals surface area (Å²) in [5.74, 6) is -1.10. The van der Waals surface area contributed by atoms with Crippen molar-refractivity contribution in [3.63, 3.8) is 0 Å². The molecule has 13 heteroatoms. The van der Waals surface area contributed by atoms with Gasteiger partial charge in [-0.2, -0.15) is 0 Å². The number of carbonyl (C=O) groups excluding carboxylic acids is 2. The van der Waals surface area contributed by atoms with Crippen LogP contribution in [0.1, 0.15) is 0 Å². The number of aliphatic carboxylic acids is 1. The zero-order valence-corrected chi connectivity index (χ0v) is 21.3. The third kappa shape index (κ3) is 5.80. The molecule has 0 spiro atoms. The molecular weight excluding hydrogens is 533 g/mol. The number of benzene rings is 1. The lowest BCUT2D eigenvalue weighted by Gasteiger charge is -2.49. The van der Waals surface area contributed by atoms with E-state index in [1.807, 2.05) is 17.2 Å². The number of aliphatic imine (C=N–C) groups is 1. The smallest absolute Gasteiger partial charge is 0.352 e. The van der Waals surface area contributed by atoms with E-state index in [9.17, 15) is 19.5 Å². The molecule has 3 aliphatic rings. The summed E-state index contributed by atoms with van der Waals surface area (Å²) in [6.07, 6.45) is 7.04. The van der Waals surface area contributed by atoms with Crippen LogP contribution in [0, 0.1) is 0 Å². The average molecular weight is 554 g/mol. The lowest BCUT2D eigenvalue weighted by Crippen LogP contribution is -2.70. The van der Waals surface area contributed by atoms with Gasteiger partial charge in [-0.25, -0.2) is 9.79 Å². The van der Waals surface area contributed by atoms with Crippen molar-refractivity contribution >= 4 is 70.3 Å². The van der Waals surface area contributed by atoms with Gasteiger partial charge in [0.15, 0.2) is 0 Å². The van der Waals surface area contributed by atoms with Gasteiger partial charge in [-0.3, -0.25) is 14.5 Å². The molecule has 9 nitrogen and oxygen atoms in total. The molecule has 35 heavy (non-hydrogen) atoms. The van der Waals surface area contributed by atoms with Crippen molar-refractivity contribution in [2.45, 2.75) is 16.3 Å². The monoisotopic (exact) mass is 553 g/mol. The number of halogens is 2. The van der Waals surface area contributed by atoms with Gasteiger partial charge in [0, 0.05) is 28.4 Å². The highest BCUT2D eigenvalue weighted by Gasteiger charge is 2.53. The topological polar surface area (TPSA) is 128 Å². The van der Waals surface area contributed by atoms with E-state index < -0.39 is 23.3 Å². The Hall–Kier alpha value is -2.60. The molecule has 3 aliphatic heterocycles.